The van der Waals surface area contributed by atoms with Gasteiger partial charge < -0.3 is 14.9 Å². The van der Waals surface area contributed by atoms with Crippen LogP contribution < -0.4 is 0 Å². The molecule has 0 bridgehead atoms. The third-order valence-corrected chi connectivity index (χ3v) is 7.54. The highest BCUT2D eigenvalue weighted by atomic mass is 16.6. The smallest absolute Gasteiger partial charge is 0.169 e. The van der Waals surface area contributed by atoms with E-state index in [1.54, 1.807) is 5.57 Å². The molecule has 3 heteroatoms. The lowest BCUT2D eigenvalue weighted by Crippen LogP contribution is -2.45. The fourth-order valence-electron chi connectivity index (χ4n) is 6.31. The molecule has 0 radical (unpaired) electrons. The highest BCUT2D eigenvalue weighted by Gasteiger charge is 2.54. The fourth-order valence-corrected chi connectivity index (χ4v) is 6.31. The van der Waals surface area contributed by atoms with E-state index in [0.717, 1.165) is 32.1 Å². The Kier molecular flexibility index (Phi) is 3.98. The van der Waals surface area contributed by atoms with Crippen molar-refractivity contribution in [2.45, 2.75) is 77.6 Å². The third-order valence-electron chi connectivity index (χ3n) is 7.54. The van der Waals surface area contributed by atoms with Crippen molar-refractivity contribution in [2.75, 3.05) is 6.61 Å². The number of hydrogen-bond acceptors (Lipinski definition) is 3. The normalized spacial score (nSPS) is 47.8. The van der Waals surface area contributed by atoms with Gasteiger partial charge in [0.15, 0.2) is 5.79 Å². The minimum Gasteiger partial charge on any atom is -0.393 e. The number of allylic oxidation sites excluding steroid dienone is 3. The molecule has 0 spiro atoms. The summed E-state index contributed by atoms with van der Waals surface area (Å²) < 4.78 is 5.66. The van der Waals surface area contributed by atoms with Crippen LogP contribution in [-0.2, 0) is 4.74 Å². The zero-order valence-corrected chi connectivity index (χ0v) is 15.3. The SMILES string of the molecule is CCOC1(O)CCC2=C(C[C@@H](C)C3C2=CC[C@]2(C)C(O)CCC32)C1. The van der Waals surface area contributed by atoms with Gasteiger partial charge in [0.1, 0.15) is 0 Å². The molecule has 0 saturated heterocycles. The fraction of sp³-hybridized carbons (Fsp3) is 0.810. The summed E-state index contributed by atoms with van der Waals surface area (Å²) in [5.74, 6) is 0.851. The largest absolute Gasteiger partial charge is 0.393 e. The maximum Gasteiger partial charge on any atom is 0.169 e. The Morgan fingerprint density at radius 1 is 1.33 bits per heavy atom. The van der Waals surface area contributed by atoms with E-state index in [-0.39, 0.29) is 11.5 Å². The zero-order chi connectivity index (χ0) is 17.1. The van der Waals surface area contributed by atoms with Crippen molar-refractivity contribution in [1.29, 1.82) is 0 Å². The van der Waals surface area contributed by atoms with Gasteiger partial charge in [0, 0.05) is 24.9 Å². The van der Waals surface area contributed by atoms with Crippen molar-refractivity contribution in [3.8, 4) is 0 Å². The molecule has 0 aromatic carbocycles. The highest BCUT2D eigenvalue weighted by Crippen LogP contribution is 2.60. The van der Waals surface area contributed by atoms with Gasteiger partial charge in [-0.3, -0.25) is 0 Å². The van der Waals surface area contributed by atoms with E-state index in [1.165, 1.54) is 11.1 Å². The molecule has 6 atom stereocenters. The van der Waals surface area contributed by atoms with Gasteiger partial charge in [-0.1, -0.05) is 25.5 Å². The molecular weight excluding hydrogens is 300 g/mol. The lowest BCUT2D eigenvalue weighted by molar-refractivity contribution is -0.206. The van der Waals surface area contributed by atoms with Crippen molar-refractivity contribution >= 4 is 0 Å². The van der Waals surface area contributed by atoms with Crippen LogP contribution in [0.3, 0.4) is 0 Å². The van der Waals surface area contributed by atoms with E-state index in [9.17, 15) is 10.2 Å². The van der Waals surface area contributed by atoms with Gasteiger partial charge in [0.2, 0.25) is 0 Å². The van der Waals surface area contributed by atoms with Gasteiger partial charge in [-0.2, -0.15) is 0 Å². The Hall–Kier alpha value is -0.640. The number of aliphatic hydroxyl groups is 2. The van der Waals surface area contributed by atoms with Crippen LogP contribution in [0.4, 0.5) is 0 Å². The van der Waals surface area contributed by atoms with Crippen molar-refractivity contribution in [3.05, 3.63) is 22.8 Å². The topological polar surface area (TPSA) is 49.7 Å². The molecule has 4 rings (SSSR count). The Bertz CT molecular complexity index is 592. The molecule has 0 aromatic rings. The number of ether oxygens (including phenoxy) is 1. The average molecular weight is 332 g/mol. The Balaban J connectivity index is 1.69. The van der Waals surface area contributed by atoms with E-state index in [0.29, 0.717) is 37.2 Å². The van der Waals surface area contributed by atoms with Gasteiger partial charge >= 0.3 is 0 Å². The van der Waals surface area contributed by atoms with Crippen LogP contribution in [0.5, 0.6) is 0 Å². The first-order valence-electron chi connectivity index (χ1n) is 9.83. The predicted octanol–water partition coefficient (Wildman–Crippen LogP) is 3.96. The summed E-state index contributed by atoms with van der Waals surface area (Å²) in [7, 11) is 0. The van der Waals surface area contributed by atoms with Crippen LogP contribution in [-0.4, -0.2) is 28.7 Å². The van der Waals surface area contributed by atoms with Gasteiger partial charge in [-0.25, -0.2) is 0 Å². The molecule has 3 nitrogen and oxygen atoms in total. The summed E-state index contributed by atoms with van der Waals surface area (Å²) in [6.45, 7) is 7.19. The maximum absolute atomic E-state index is 10.7. The quantitative estimate of drug-likeness (QED) is 0.753. The molecule has 0 aliphatic heterocycles. The third kappa shape index (κ3) is 2.35. The molecule has 0 heterocycles. The summed E-state index contributed by atoms with van der Waals surface area (Å²) in [5, 5.41) is 21.2. The first kappa shape index (κ1) is 16.8. The predicted molar refractivity (Wildman–Crippen MR) is 94.3 cm³/mol. The number of hydrogen-bond donors (Lipinski definition) is 2. The van der Waals surface area contributed by atoms with Gasteiger partial charge in [-0.15, -0.1) is 0 Å². The second-order valence-corrected chi connectivity index (χ2v) is 8.91. The van der Waals surface area contributed by atoms with Crippen LogP contribution >= 0.6 is 0 Å². The number of aliphatic hydroxyl groups excluding tert-OH is 1. The minimum atomic E-state index is -0.951. The van der Waals surface area contributed by atoms with E-state index in [2.05, 4.69) is 19.9 Å². The summed E-state index contributed by atoms with van der Waals surface area (Å²) in [4.78, 5) is 0. The van der Waals surface area contributed by atoms with Crippen LogP contribution in [0.1, 0.15) is 65.7 Å². The second-order valence-electron chi connectivity index (χ2n) is 8.91. The number of rotatable bonds is 2. The maximum atomic E-state index is 10.7. The molecule has 1 fully saturated rings. The molecule has 4 unspecified atom stereocenters. The Morgan fingerprint density at radius 3 is 2.88 bits per heavy atom. The van der Waals surface area contributed by atoms with Gasteiger partial charge in [0.25, 0.3) is 0 Å². The Morgan fingerprint density at radius 2 is 2.12 bits per heavy atom. The average Bonchev–Trinajstić information content (AvgIpc) is 2.82. The molecular formula is C21H32O3. The highest BCUT2D eigenvalue weighted by molar-refractivity contribution is 5.45. The molecule has 4 aliphatic rings. The number of fused-ring (bicyclic) bond motifs is 4. The van der Waals surface area contributed by atoms with Crippen LogP contribution in [0.25, 0.3) is 0 Å². The van der Waals surface area contributed by atoms with Gasteiger partial charge in [0.05, 0.1) is 6.10 Å². The summed E-state index contributed by atoms with van der Waals surface area (Å²) in [6, 6.07) is 0. The van der Waals surface area contributed by atoms with E-state index in [1.807, 2.05) is 6.92 Å². The molecule has 24 heavy (non-hydrogen) atoms. The molecule has 134 valence electrons. The van der Waals surface area contributed by atoms with Crippen molar-refractivity contribution in [2.24, 2.45) is 23.2 Å². The molecule has 4 aliphatic carbocycles. The molecule has 0 amide bonds. The van der Waals surface area contributed by atoms with E-state index in [4.69, 9.17) is 4.74 Å². The summed E-state index contributed by atoms with van der Waals surface area (Å²) >= 11 is 0. The lowest BCUT2D eigenvalue weighted by Gasteiger charge is -2.50. The Labute approximate surface area is 145 Å². The first-order chi connectivity index (χ1) is 11.4. The van der Waals surface area contributed by atoms with E-state index >= 15 is 0 Å². The van der Waals surface area contributed by atoms with Crippen molar-refractivity contribution < 1.29 is 14.9 Å². The zero-order valence-electron chi connectivity index (χ0n) is 15.3. The first-order valence-corrected chi connectivity index (χ1v) is 9.83. The standard InChI is InChI=1S/C21H32O3/c1-4-24-21(23)10-8-15-14(12-21)11-13(2)19-16(15)7-9-20(3)17(19)5-6-18(20)22/h7,13,17-19,22-23H,4-6,8-12H2,1-3H3/t13-,17?,18?,19?,20+,21?/m1/s1. The lowest BCUT2D eigenvalue weighted by atomic mass is 9.55. The van der Waals surface area contributed by atoms with E-state index < -0.39 is 5.79 Å². The monoisotopic (exact) mass is 332 g/mol. The van der Waals surface area contributed by atoms with Crippen molar-refractivity contribution in [1.82, 2.24) is 0 Å². The summed E-state index contributed by atoms with van der Waals surface area (Å²) in [5.41, 5.74) is 4.57. The van der Waals surface area contributed by atoms with Gasteiger partial charge in [-0.05, 0) is 67.9 Å². The molecule has 0 aromatic heterocycles. The van der Waals surface area contributed by atoms with Crippen LogP contribution in [0.15, 0.2) is 22.8 Å². The van der Waals surface area contributed by atoms with Crippen LogP contribution in [0, 0.1) is 23.2 Å². The molecule has 2 N–H and O–H groups in total. The van der Waals surface area contributed by atoms with Crippen molar-refractivity contribution in [3.63, 3.8) is 0 Å². The second kappa shape index (κ2) is 5.69. The minimum absolute atomic E-state index is 0.0707. The van der Waals surface area contributed by atoms with Crippen LogP contribution in [0.2, 0.25) is 0 Å². The summed E-state index contributed by atoms with van der Waals surface area (Å²) in [6.07, 6.45) is 8.82. The molecule has 1 saturated carbocycles.